The predicted octanol–water partition coefficient (Wildman–Crippen LogP) is 4.74. The summed E-state index contributed by atoms with van der Waals surface area (Å²) in [5, 5.41) is 9.47. The van der Waals surface area contributed by atoms with Gasteiger partial charge < -0.3 is 4.57 Å². The zero-order valence-electron chi connectivity index (χ0n) is 13.5. The molecule has 1 aliphatic heterocycles. The molecule has 0 amide bonds. The first-order valence-corrected chi connectivity index (χ1v) is 8.46. The van der Waals surface area contributed by atoms with E-state index in [1.165, 1.54) is 24.1 Å². The predicted molar refractivity (Wildman–Crippen MR) is 94.5 cm³/mol. The fourth-order valence-corrected chi connectivity index (χ4v) is 3.62. The Hall–Kier alpha value is -2.86. The lowest BCUT2D eigenvalue weighted by atomic mass is 9.94. The molecule has 0 N–H and O–H groups in total. The lowest BCUT2D eigenvalue weighted by Crippen LogP contribution is -2.10. The number of fused-ring (bicyclic) bond motifs is 1. The highest BCUT2D eigenvalue weighted by Crippen LogP contribution is 2.33. The van der Waals surface area contributed by atoms with Crippen molar-refractivity contribution in [3.05, 3.63) is 77.9 Å². The van der Waals surface area contributed by atoms with Crippen LogP contribution in [-0.2, 0) is 6.42 Å². The first-order chi connectivity index (χ1) is 11.8. The molecular weight excluding hydrogens is 294 g/mol. The van der Waals surface area contributed by atoms with E-state index in [4.69, 9.17) is 0 Å². The Morgan fingerprint density at radius 3 is 2.75 bits per heavy atom. The van der Waals surface area contributed by atoms with Crippen LogP contribution in [0.3, 0.4) is 0 Å². The number of aryl methyl sites for hydroxylation is 1. The van der Waals surface area contributed by atoms with Gasteiger partial charge in [-0.3, -0.25) is 0 Å². The third-order valence-electron chi connectivity index (χ3n) is 4.82. The molecular formula is C21H19N3. The molecule has 3 aromatic rings. The second-order valence-corrected chi connectivity index (χ2v) is 6.38. The Morgan fingerprint density at radius 2 is 1.92 bits per heavy atom. The number of aromatic nitrogens is 2. The molecule has 118 valence electrons. The Morgan fingerprint density at radius 1 is 1.04 bits per heavy atom. The van der Waals surface area contributed by atoms with Crippen molar-refractivity contribution in [2.75, 3.05) is 0 Å². The number of imidazole rings is 1. The minimum Gasteiger partial charge on any atom is -0.327 e. The van der Waals surface area contributed by atoms with Crippen LogP contribution in [0.1, 0.15) is 42.1 Å². The minimum atomic E-state index is 0.265. The highest BCUT2D eigenvalue weighted by Gasteiger charge is 2.20. The van der Waals surface area contributed by atoms with E-state index in [1.807, 2.05) is 42.9 Å². The monoisotopic (exact) mass is 313 g/mol. The van der Waals surface area contributed by atoms with Crippen LogP contribution >= 0.6 is 0 Å². The number of hydrogen-bond donors (Lipinski definition) is 0. The lowest BCUT2D eigenvalue weighted by Gasteiger charge is -2.20. The van der Waals surface area contributed by atoms with Crippen molar-refractivity contribution in [3.8, 4) is 17.2 Å². The molecule has 1 unspecified atom stereocenters. The van der Waals surface area contributed by atoms with E-state index in [0.717, 1.165) is 29.5 Å². The number of rotatable bonds is 2. The third-order valence-corrected chi connectivity index (χ3v) is 4.82. The van der Waals surface area contributed by atoms with Gasteiger partial charge in [-0.15, -0.1) is 0 Å². The zero-order valence-corrected chi connectivity index (χ0v) is 13.5. The maximum atomic E-state index is 9.47. The molecule has 0 spiro atoms. The highest BCUT2D eigenvalue weighted by atomic mass is 15.1. The first-order valence-electron chi connectivity index (χ1n) is 8.46. The summed E-state index contributed by atoms with van der Waals surface area (Å²) in [6, 6.07) is 19.1. The molecule has 1 aliphatic rings. The summed E-state index contributed by atoms with van der Waals surface area (Å²) in [7, 11) is 0. The van der Waals surface area contributed by atoms with E-state index < -0.39 is 0 Å². The van der Waals surface area contributed by atoms with Crippen molar-refractivity contribution >= 4 is 0 Å². The Balaban J connectivity index is 1.83. The molecule has 0 saturated heterocycles. The number of hydrogen-bond acceptors (Lipinski definition) is 2. The molecule has 0 bridgehead atoms. The topological polar surface area (TPSA) is 41.6 Å². The smallest absolute Gasteiger partial charge is 0.0991 e. The molecule has 0 aliphatic carbocycles. The van der Waals surface area contributed by atoms with Crippen LogP contribution < -0.4 is 0 Å². The van der Waals surface area contributed by atoms with E-state index in [0.29, 0.717) is 0 Å². The lowest BCUT2D eigenvalue weighted by molar-refractivity contribution is 0.536. The number of nitriles is 1. The second-order valence-electron chi connectivity index (χ2n) is 6.38. The largest absolute Gasteiger partial charge is 0.327 e. The first kappa shape index (κ1) is 14.7. The van der Waals surface area contributed by atoms with Crippen LogP contribution in [0.5, 0.6) is 0 Å². The average molecular weight is 313 g/mol. The average Bonchev–Trinajstić information content (AvgIpc) is 3.01. The van der Waals surface area contributed by atoms with Crippen molar-refractivity contribution < 1.29 is 0 Å². The fourth-order valence-electron chi connectivity index (χ4n) is 3.62. The molecule has 3 nitrogen and oxygen atoms in total. The Labute approximate surface area is 142 Å². The van der Waals surface area contributed by atoms with Gasteiger partial charge >= 0.3 is 0 Å². The molecule has 0 saturated carbocycles. The van der Waals surface area contributed by atoms with Crippen LogP contribution in [0, 0.1) is 11.3 Å². The van der Waals surface area contributed by atoms with Crippen LogP contribution in [0.15, 0.2) is 61.1 Å². The van der Waals surface area contributed by atoms with Gasteiger partial charge in [-0.1, -0.05) is 36.8 Å². The quantitative estimate of drug-likeness (QED) is 0.686. The van der Waals surface area contributed by atoms with Gasteiger partial charge in [-0.05, 0) is 54.2 Å². The van der Waals surface area contributed by atoms with Crippen molar-refractivity contribution in [1.82, 2.24) is 9.55 Å². The fraction of sp³-hybridized carbons (Fsp3) is 0.238. The summed E-state index contributed by atoms with van der Waals surface area (Å²) in [6.45, 7) is 0. The summed E-state index contributed by atoms with van der Waals surface area (Å²) < 4.78 is 2.29. The molecule has 1 aromatic heterocycles. The van der Waals surface area contributed by atoms with Crippen molar-refractivity contribution in [2.24, 2.45) is 0 Å². The molecule has 0 radical (unpaired) electrons. The summed E-state index contributed by atoms with van der Waals surface area (Å²) in [6.07, 6.45) is 8.49. The van der Waals surface area contributed by atoms with Gasteiger partial charge in [0, 0.05) is 11.9 Å². The van der Waals surface area contributed by atoms with E-state index in [1.54, 1.807) is 0 Å². The summed E-state index contributed by atoms with van der Waals surface area (Å²) in [5.74, 6) is 0. The standard InChI is InChI=1S/C21H19N3/c22-13-16-10-18(17-6-2-1-3-7-17)12-19(11-16)21-9-5-4-8-20-14-23-15-24(20)21/h1-3,6-7,10-12,14-15,21H,4-5,8-9H2. The van der Waals surface area contributed by atoms with E-state index >= 15 is 0 Å². The summed E-state index contributed by atoms with van der Waals surface area (Å²) in [5.41, 5.74) is 5.47. The Bertz CT molecular complexity index is 887. The third kappa shape index (κ3) is 2.72. The highest BCUT2D eigenvalue weighted by molar-refractivity contribution is 5.66. The van der Waals surface area contributed by atoms with Crippen molar-refractivity contribution in [2.45, 2.75) is 31.7 Å². The van der Waals surface area contributed by atoms with Crippen LogP contribution in [0.25, 0.3) is 11.1 Å². The summed E-state index contributed by atoms with van der Waals surface area (Å²) >= 11 is 0. The van der Waals surface area contributed by atoms with E-state index in [9.17, 15) is 5.26 Å². The molecule has 24 heavy (non-hydrogen) atoms. The molecule has 2 aromatic carbocycles. The van der Waals surface area contributed by atoms with Crippen molar-refractivity contribution in [3.63, 3.8) is 0 Å². The van der Waals surface area contributed by atoms with Gasteiger partial charge in [-0.2, -0.15) is 5.26 Å². The van der Waals surface area contributed by atoms with Crippen molar-refractivity contribution in [1.29, 1.82) is 5.26 Å². The van der Waals surface area contributed by atoms with Crippen LogP contribution in [-0.4, -0.2) is 9.55 Å². The molecule has 1 atom stereocenters. The zero-order chi connectivity index (χ0) is 16.4. The maximum absolute atomic E-state index is 9.47. The second kappa shape index (κ2) is 6.33. The van der Waals surface area contributed by atoms with E-state index in [-0.39, 0.29) is 6.04 Å². The van der Waals surface area contributed by atoms with Gasteiger partial charge in [0.1, 0.15) is 0 Å². The van der Waals surface area contributed by atoms with Gasteiger partial charge in [-0.25, -0.2) is 4.98 Å². The number of nitrogens with zero attached hydrogens (tertiary/aromatic N) is 3. The van der Waals surface area contributed by atoms with E-state index in [2.05, 4.69) is 33.8 Å². The minimum absolute atomic E-state index is 0.265. The SMILES string of the molecule is N#Cc1cc(-c2ccccc2)cc(C2CCCCc3cncn32)c1. The molecule has 0 fully saturated rings. The molecule has 4 rings (SSSR count). The maximum Gasteiger partial charge on any atom is 0.0991 e. The molecule has 3 heteroatoms. The summed E-state index contributed by atoms with van der Waals surface area (Å²) in [4.78, 5) is 4.34. The van der Waals surface area contributed by atoms with Gasteiger partial charge in [0.05, 0.1) is 24.0 Å². The Kier molecular flexibility index (Phi) is 3.88. The molecule has 2 heterocycles. The van der Waals surface area contributed by atoms with Crippen LogP contribution in [0.2, 0.25) is 0 Å². The normalized spacial score (nSPS) is 16.9. The van der Waals surface area contributed by atoms with Crippen LogP contribution in [0.4, 0.5) is 0 Å². The van der Waals surface area contributed by atoms with Gasteiger partial charge in [0.2, 0.25) is 0 Å². The van der Waals surface area contributed by atoms with Gasteiger partial charge in [0.15, 0.2) is 0 Å². The van der Waals surface area contributed by atoms with Gasteiger partial charge in [0.25, 0.3) is 0 Å². The number of benzene rings is 2.